The molecule has 0 fully saturated rings. The van der Waals surface area contributed by atoms with Gasteiger partial charge in [-0.2, -0.15) is 0 Å². The highest BCUT2D eigenvalue weighted by atomic mass is 79.9. The Bertz CT molecular complexity index is 441. The third-order valence-electron chi connectivity index (χ3n) is 2.23. The third-order valence-corrected chi connectivity index (χ3v) is 3.79. The van der Waals surface area contributed by atoms with E-state index in [-0.39, 0.29) is 0 Å². The van der Waals surface area contributed by atoms with Gasteiger partial charge in [-0.25, -0.2) is 0 Å². The first-order chi connectivity index (χ1) is 7.74. The van der Waals surface area contributed by atoms with Crippen LogP contribution < -0.4 is 0 Å². The van der Waals surface area contributed by atoms with Crippen LogP contribution in [0.25, 0.3) is 0 Å². The predicted octanol–water partition coefficient (Wildman–Crippen LogP) is 3.54. The fraction of sp³-hybridized carbons (Fsp3) is 0.250. The van der Waals surface area contributed by atoms with Crippen molar-refractivity contribution >= 4 is 27.3 Å². The van der Waals surface area contributed by atoms with Crippen molar-refractivity contribution < 1.29 is 0 Å². The van der Waals surface area contributed by atoms with Gasteiger partial charge in [0.25, 0.3) is 0 Å². The summed E-state index contributed by atoms with van der Waals surface area (Å²) in [5, 5.41) is 2.18. The highest BCUT2D eigenvalue weighted by Gasteiger charge is 2.03. The fourth-order valence-electron chi connectivity index (χ4n) is 1.56. The molecule has 0 aliphatic carbocycles. The van der Waals surface area contributed by atoms with Gasteiger partial charge in [-0.1, -0.05) is 6.07 Å². The SMILES string of the molecule is CN(Cc1csc(Br)c1)Cc1ccccn1. The molecule has 0 aliphatic rings. The van der Waals surface area contributed by atoms with Crippen LogP contribution in [0.3, 0.4) is 0 Å². The molecular formula is C12H13BrN2S. The maximum atomic E-state index is 4.32. The Kier molecular flexibility index (Phi) is 4.09. The van der Waals surface area contributed by atoms with E-state index in [9.17, 15) is 0 Å². The predicted molar refractivity (Wildman–Crippen MR) is 71.4 cm³/mol. The summed E-state index contributed by atoms with van der Waals surface area (Å²) < 4.78 is 1.19. The van der Waals surface area contributed by atoms with E-state index in [0.717, 1.165) is 18.8 Å². The molecule has 0 atom stereocenters. The summed E-state index contributed by atoms with van der Waals surface area (Å²) >= 11 is 5.20. The molecule has 0 saturated carbocycles. The molecule has 2 rings (SSSR count). The van der Waals surface area contributed by atoms with Crippen LogP contribution in [0.15, 0.2) is 39.6 Å². The highest BCUT2D eigenvalue weighted by molar-refractivity contribution is 9.11. The minimum Gasteiger partial charge on any atom is -0.296 e. The molecule has 2 nitrogen and oxygen atoms in total. The molecule has 84 valence electrons. The van der Waals surface area contributed by atoms with E-state index in [1.807, 2.05) is 18.3 Å². The first-order valence-electron chi connectivity index (χ1n) is 5.05. The third kappa shape index (κ3) is 3.40. The highest BCUT2D eigenvalue weighted by Crippen LogP contribution is 2.21. The maximum absolute atomic E-state index is 4.32. The Morgan fingerprint density at radius 3 is 2.88 bits per heavy atom. The second-order valence-corrected chi connectivity index (χ2v) is 6.04. The van der Waals surface area contributed by atoms with Crippen molar-refractivity contribution in [3.8, 4) is 0 Å². The van der Waals surface area contributed by atoms with Crippen LogP contribution >= 0.6 is 27.3 Å². The summed E-state index contributed by atoms with van der Waals surface area (Å²) in [4.78, 5) is 6.58. The number of rotatable bonds is 4. The fourth-order valence-corrected chi connectivity index (χ4v) is 2.76. The molecular weight excluding hydrogens is 284 g/mol. The molecule has 0 aliphatic heterocycles. The van der Waals surface area contributed by atoms with E-state index in [2.05, 4.69) is 50.4 Å². The average molecular weight is 297 g/mol. The van der Waals surface area contributed by atoms with Crippen molar-refractivity contribution in [2.45, 2.75) is 13.1 Å². The molecule has 0 bridgehead atoms. The smallest absolute Gasteiger partial charge is 0.0701 e. The molecule has 16 heavy (non-hydrogen) atoms. The van der Waals surface area contributed by atoms with Gasteiger partial charge in [-0.05, 0) is 52.1 Å². The normalized spacial score (nSPS) is 10.9. The molecule has 0 radical (unpaired) electrons. The molecule has 0 amide bonds. The van der Waals surface area contributed by atoms with Crippen LogP contribution in [-0.4, -0.2) is 16.9 Å². The number of hydrogen-bond donors (Lipinski definition) is 0. The first kappa shape index (κ1) is 11.8. The number of pyridine rings is 1. The van der Waals surface area contributed by atoms with E-state index in [1.165, 1.54) is 9.35 Å². The van der Waals surface area contributed by atoms with Gasteiger partial charge in [0, 0.05) is 19.3 Å². The zero-order valence-electron chi connectivity index (χ0n) is 9.06. The van der Waals surface area contributed by atoms with E-state index >= 15 is 0 Å². The van der Waals surface area contributed by atoms with Gasteiger partial charge in [-0.3, -0.25) is 9.88 Å². The van der Waals surface area contributed by atoms with Crippen molar-refractivity contribution in [3.63, 3.8) is 0 Å². The van der Waals surface area contributed by atoms with Crippen LogP contribution in [0.1, 0.15) is 11.3 Å². The number of nitrogens with zero attached hydrogens (tertiary/aromatic N) is 2. The molecule has 0 N–H and O–H groups in total. The largest absolute Gasteiger partial charge is 0.296 e. The van der Waals surface area contributed by atoms with Gasteiger partial charge in [0.1, 0.15) is 0 Å². The number of thiophene rings is 1. The van der Waals surface area contributed by atoms with Crippen LogP contribution in [0.4, 0.5) is 0 Å². The van der Waals surface area contributed by atoms with Crippen molar-refractivity contribution in [2.75, 3.05) is 7.05 Å². The van der Waals surface area contributed by atoms with E-state index in [4.69, 9.17) is 0 Å². The van der Waals surface area contributed by atoms with Gasteiger partial charge in [0.05, 0.1) is 9.48 Å². The van der Waals surface area contributed by atoms with Gasteiger partial charge in [0.15, 0.2) is 0 Å². The van der Waals surface area contributed by atoms with Gasteiger partial charge >= 0.3 is 0 Å². The number of hydrogen-bond acceptors (Lipinski definition) is 3. The Morgan fingerprint density at radius 1 is 1.38 bits per heavy atom. The zero-order chi connectivity index (χ0) is 11.4. The lowest BCUT2D eigenvalue weighted by Gasteiger charge is -2.14. The maximum Gasteiger partial charge on any atom is 0.0701 e. The minimum atomic E-state index is 0.883. The summed E-state index contributed by atoms with van der Waals surface area (Å²) in [6, 6.07) is 8.19. The second kappa shape index (κ2) is 5.57. The van der Waals surface area contributed by atoms with Crippen LogP contribution in [0, 0.1) is 0 Å². The summed E-state index contributed by atoms with van der Waals surface area (Å²) in [6.45, 7) is 1.84. The lowest BCUT2D eigenvalue weighted by atomic mass is 10.3. The summed E-state index contributed by atoms with van der Waals surface area (Å²) in [5.41, 5.74) is 2.45. The molecule has 4 heteroatoms. The molecule has 0 spiro atoms. The van der Waals surface area contributed by atoms with Crippen LogP contribution in [0.2, 0.25) is 0 Å². The van der Waals surface area contributed by atoms with Crippen molar-refractivity contribution in [1.82, 2.24) is 9.88 Å². The topological polar surface area (TPSA) is 16.1 Å². The molecule has 0 aromatic carbocycles. The lowest BCUT2D eigenvalue weighted by molar-refractivity contribution is 0.315. The standard InChI is InChI=1S/C12H13BrN2S/c1-15(7-10-6-12(13)16-9-10)8-11-4-2-3-5-14-11/h2-6,9H,7-8H2,1H3. The summed E-state index contributed by atoms with van der Waals surface area (Å²) in [6.07, 6.45) is 1.84. The second-order valence-electron chi connectivity index (χ2n) is 3.75. The van der Waals surface area contributed by atoms with Crippen molar-refractivity contribution in [3.05, 3.63) is 50.9 Å². The zero-order valence-corrected chi connectivity index (χ0v) is 11.5. The van der Waals surface area contributed by atoms with E-state index < -0.39 is 0 Å². The van der Waals surface area contributed by atoms with E-state index in [1.54, 1.807) is 11.3 Å². The Labute approximate surface area is 108 Å². The van der Waals surface area contributed by atoms with Crippen molar-refractivity contribution in [2.24, 2.45) is 0 Å². The first-order valence-corrected chi connectivity index (χ1v) is 6.72. The quantitative estimate of drug-likeness (QED) is 0.858. The van der Waals surface area contributed by atoms with Crippen LogP contribution in [0.5, 0.6) is 0 Å². The van der Waals surface area contributed by atoms with Gasteiger partial charge in [-0.15, -0.1) is 11.3 Å². The molecule has 2 aromatic rings. The molecule has 0 saturated heterocycles. The summed E-state index contributed by atoms with van der Waals surface area (Å²) in [5.74, 6) is 0. The minimum absolute atomic E-state index is 0.883. The van der Waals surface area contributed by atoms with Crippen molar-refractivity contribution in [1.29, 1.82) is 0 Å². The van der Waals surface area contributed by atoms with E-state index in [0.29, 0.717) is 0 Å². The monoisotopic (exact) mass is 296 g/mol. The average Bonchev–Trinajstić information content (AvgIpc) is 2.65. The number of aromatic nitrogens is 1. The Balaban J connectivity index is 1.92. The molecule has 2 heterocycles. The summed E-state index contributed by atoms with van der Waals surface area (Å²) in [7, 11) is 2.11. The molecule has 2 aromatic heterocycles. The molecule has 0 unspecified atom stereocenters. The Hall–Kier alpha value is -0.710. The van der Waals surface area contributed by atoms with Crippen LogP contribution in [-0.2, 0) is 13.1 Å². The Morgan fingerprint density at radius 2 is 2.25 bits per heavy atom. The number of halogens is 1. The van der Waals surface area contributed by atoms with Gasteiger partial charge < -0.3 is 0 Å². The lowest BCUT2D eigenvalue weighted by Crippen LogP contribution is -2.17. The van der Waals surface area contributed by atoms with Gasteiger partial charge in [0.2, 0.25) is 0 Å².